The van der Waals surface area contributed by atoms with Crippen LogP contribution in [0.1, 0.15) is 48.5 Å². The molecule has 1 aliphatic heterocycles. The number of fused-ring (bicyclic) bond motifs is 1. The average Bonchev–Trinajstić information content (AvgIpc) is 2.88. The molecule has 2 aliphatic rings. The highest BCUT2D eigenvalue weighted by molar-refractivity contribution is 5.94. The van der Waals surface area contributed by atoms with Crippen molar-refractivity contribution in [1.29, 1.82) is 0 Å². The third-order valence-electron chi connectivity index (χ3n) is 5.95. The van der Waals surface area contributed by atoms with E-state index in [0.29, 0.717) is 6.54 Å². The first kappa shape index (κ1) is 21.2. The van der Waals surface area contributed by atoms with Gasteiger partial charge in [-0.25, -0.2) is 0 Å². The quantitative estimate of drug-likeness (QED) is 0.645. The van der Waals surface area contributed by atoms with Gasteiger partial charge in [-0.05, 0) is 29.6 Å². The van der Waals surface area contributed by atoms with Gasteiger partial charge < -0.3 is 20.6 Å². The normalized spacial score (nSPS) is 28.0. The van der Waals surface area contributed by atoms with Crippen LogP contribution < -0.4 is 10.6 Å². The molecular formula is C19H31N3O5. The fourth-order valence-corrected chi connectivity index (χ4v) is 4.19. The van der Waals surface area contributed by atoms with E-state index in [9.17, 15) is 19.2 Å². The summed E-state index contributed by atoms with van der Waals surface area (Å²) in [5.41, 5.74) is -0.600. The van der Waals surface area contributed by atoms with E-state index in [1.54, 1.807) is 0 Å². The fraction of sp³-hybridized carbons (Fsp3) is 0.789. The molecule has 8 nitrogen and oxygen atoms in total. The topological polar surface area (TPSA) is 116 Å². The van der Waals surface area contributed by atoms with Gasteiger partial charge in [0.05, 0.1) is 0 Å². The Hall–Kier alpha value is -2.12. The summed E-state index contributed by atoms with van der Waals surface area (Å²) in [4.78, 5) is 50.3. The Bertz CT molecular complexity index is 667. The van der Waals surface area contributed by atoms with E-state index >= 15 is 0 Å². The van der Waals surface area contributed by atoms with E-state index in [4.69, 9.17) is 5.11 Å². The van der Waals surface area contributed by atoms with E-state index < -0.39 is 35.4 Å². The summed E-state index contributed by atoms with van der Waals surface area (Å²) in [5, 5.41) is 14.3. The Morgan fingerprint density at radius 2 is 1.70 bits per heavy atom. The third-order valence-corrected chi connectivity index (χ3v) is 5.95. The summed E-state index contributed by atoms with van der Waals surface area (Å²) in [5.74, 6) is -2.02. The SMILES string of the molecule is CC(=O)N[C@H](C(=O)N1C[C@H]2[C@@H]([C@H]1C(=O)N[C@@H](C)C(=O)O)C2(C)C)C(C)(C)C. The smallest absolute Gasteiger partial charge is 0.325 e. The molecular weight excluding hydrogens is 350 g/mol. The molecule has 3 amide bonds. The highest BCUT2D eigenvalue weighted by atomic mass is 16.4. The lowest BCUT2D eigenvalue weighted by Crippen LogP contribution is -2.59. The Labute approximate surface area is 160 Å². The second kappa shape index (κ2) is 6.80. The Morgan fingerprint density at radius 1 is 1.15 bits per heavy atom. The van der Waals surface area contributed by atoms with Crippen molar-refractivity contribution >= 4 is 23.7 Å². The number of hydrogen-bond acceptors (Lipinski definition) is 4. The summed E-state index contributed by atoms with van der Waals surface area (Å²) in [6, 6.07) is -2.52. The summed E-state index contributed by atoms with van der Waals surface area (Å²) >= 11 is 0. The van der Waals surface area contributed by atoms with Crippen LogP contribution in [0.4, 0.5) is 0 Å². The lowest BCUT2D eigenvalue weighted by atomic mass is 9.85. The lowest BCUT2D eigenvalue weighted by molar-refractivity contribution is -0.147. The first-order chi connectivity index (χ1) is 12.2. The van der Waals surface area contributed by atoms with Crippen LogP contribution in [-0.2, 0) is 19.2 Å². The number of nitrogens with one attached hydrogen (secondary N) is 2. The second-order valence-corrected chi connectivity index (χ2v) is 9.46. The predicted octanol–water partition coefficient (Wildman–Crippen LogP) is 0.610. The number of amides is 3. The van der Waals surface area contributed by atoms with Crippen LogP contribution in [0.5, 0.6) is 0 Å². The highest BCUT2D eigenvalue weighted by Crippen LogP contribution is 2.65. The summed E-state index contributed by atoms with van der Waals surface area (Å²) in [6.07, 6.45) is 0. The van der Waals surface area contributed by atoms with Crippen LogP contribution in [-0.4, -0.2) is 58.4 Å². The first-order valence-corrected chi connectivity index (χ1v) is 9.30. The van der Waals surface area contributed by atoms with Crippen molar-refractivity contribution in [3.05, 3.63) is 0 Å². The number of carboxylic acid groups (broad SMARTS) is 1. The van der Waals surface area contributed by atoms with Crippen LogP contribution >= 0.6 is 0 Å². The highest BCUT2D eigenvalue weighted by Gasteiger charge is 2.69. The monoisotopic (exact) mass is 381 g/mol. The number of rotatable bonds is 5. The number of carbonyl (C=O) groups excluding carboxylic acids is 3. The van der Waals surface area contributed by atoms with Gasteiger partial charge in [0.2, 0.25) is 17.7 Å². The van der Waals surface area contributed by atoms with Gasteiger partial charge in [0, 0.05) is 13.5 Å². The minimum Gasteiger partial charge on any atom is -0.480 e. The minimum absolute atomic E-state index is 0.0135. The molecule has 0 radical (unpaired) electrons. The molecule has 2 fully saturated rings. The van der Waals surface area contributed by atoms with Crippen molar-refractivity contribution < 1.29 is 24.3 Å². The molecule has 1 aliphatic carbocycles. The molecule has 1 heterocycles. The zero-order chi connectivity index (χ0) is 20.9. The summed E-state index contributed by atoms with van der Waals surface area (Å²) in [6.45, 7) is 12.9. The molecule has 3 N–H and O–H groups in total. The van der Waals surface area contributed by atoms with Crippen molar-refractivity contribution in [3.63, 3.8) is 0 Å². The van der Waals surface area contributed by atoms with Crippen LogP contribution in [0.15, 0.2) is 0 Å². The number of carbonyl (C=O) groups is 4. The molecule has 0 spiro atoms. The van der Waals surface area contributed by atoms with Gasteiger partial charge in [-0.15, -0.1) is 0 Å². The average molecular weight is 381 g/mol. The van der Waals surface area contributed by atoms with Crippen molar-refractivity contribution in [2.45, 2.75) is 66.6 Å². The van der Waals surface area contributed by atoms with Crippen LogP contribution in [0.25, 0.3) is 0 Å². The molecule has 0 bridgehead atoms. The number of piperidine rings is 1. The molecule has 0 aromatic heterocycles. The van der Waals surface area contributed by atoms with E-state index in [0.717, 1.165) is 0 Å². The van der Waals surface area contributed by atoms with Gasteiger partial charge in [-0.3, -0.25) is 19.2 Å². The van der Waals surface area contributed by atoms with Crippen molar-refractivity contribution in [2.75, 3.05) is 6.54 Å². The van der Waals surface area contributed by atoms with Crippen LogP contribution in [0, 0.1) is 22.7 Å². The van der Waals surface area contributed by atoms with E-state index in [-0.39, 0.29) is 29.1 Å². The predicted molar refractivity (Wildman–Crippen MR) is 98.6 cm³/mol. The van der Waals surface area contributed by atoms with Crippen molar-refractivity contribution in [2.24, 2.45) is 22.7 Å². The summed E-state index contributed by atoms with van der Waals surface area (Å²) in [7, 11) is 0. The molecule has 0 aromatic rings. The maximum absolute atomic E-state index is 13.3. The molecule has 1 saturated carbocycles. The molecule has 5 atom stereocenters. The van der Waals surface area contributed by atoms with Gasteiger partial charge >= 0.3 is 5.97 Å². The fourth-order valence-electron chi connectivity index (χ4n) is 4.19. The zero-order valence-corrected chi connectivity index (χ0v) is 17.1. The zero-order valence-electron chi connectivity index (χ0n) is 17.1. The third kappa shape index (κ3) is 3.94. The Morgan fingerprint density at radius 3 is 2.15 bits per heavy atom. The molecule has 0 unspecified atom stereocenters. The molecule has 2 rings (SSSR count). The van der Waals surface area contributed by atoms with Gasteiger partial charge in [0.25, 0.3) is 0 Å². The molecule has 8 heteroatoms. The van der Waals surface area contributed by atoms with E-state index in [1.807, 2.05) is 20.8 Å². The molecule has 152 valence electrons. The van der Waals surface area contributed by atoms with E-state index in [2.05, 4.69) is 24.5 Å². The summed E-state index contributed by atoms with van der Waals surface area (Å²) < 4.78 is 0. The van der Waals surface area contributed by atoms with Gasteiger partial charge in [-0.1, -0.05) is 34.6 Å². The van der Waals surface area contributed by atoms with Crippen LogP contribution in [0.3, 0.4) is 0 Å². The number of nitrogens with zero attached hydrogens (tertiary/aromatic N) is 1. The van der Waals surface area contributed by atoms with Gasteiger partial charge in [0.1, 0.15) is 18.1 Å². The van der Waals surface area contributed by atoms with Gasteiger partial charge in [0.15, 0.2) is 0 Å². The lowest BCUT2D eigenvalue weighted by Gasteiger charge is -2.37. The molecule has 0 aromatic carbocycles. The number of aliphatic carboxylic acids is 1. The van der Waals surface area contributed by atoms with Gasteiger partial charge in [-0.2, -0.15) is 0 Å². The maximum Gasteiger partial charge on any atom is 0.325 e. The minimum atomic E-state index is -1.13. The number of likely N-dealkylation sites (tertiary alicyclic amines) is 1. The van der Waals surface area contributed by atoms with Crippen molar-refractivity contribution in [1.82, 2.24) is 15.5 Å². The maximum atomic E-state index is 13.3. The standard InChI is InChI=1S/C19H31N3O5/c1-9(17(26)27)20-15(24)13-12-11(19(12,6)7)8-22(13)16(25)14(18(3,4)5)21-10(2)23/h9,11-14H,8H2,1-7H3,(H,20,24)(H,21,23)(H,26,27)/t9-,11-,12-,13-,14+/m0/s1. The molecule has 27 heavy (non-hydrogen) atoms. The Balaban J connectivity index is 2.28. The number of hydrogen-bond donors (Lipinski definition) is 3. The Kier molecular flexibility index (Phi) is 5.33. The molecule has 1 saturated heterocycles. The van der Waals surface area contributed by atoms with E-state index in [1.165, 1.54) is 18.7 Å². The van der Waals surface area contributed by atoms with Crippen LogP contribution in [0.2, 0.25) is 0 Å². The number of carboxylic acids is 1. The van der Waals surface area contributed by atoms with Crippen molar-refractivity contribution in [3.8, 4) is 0 Å². The first-order valence-electron chi connectivity index (χ1n) is 9.30. The second-order valence-electron chi connectivity index (χ2n) is 9.46. The largest absolute Gasteiger partial charge is 0.480 e.